The second-order valence-electron chi connectivity index (χ2n) is 14.2. The second-order valence-corrected chi connectivity index (χ2v) is 14.2. The van der Waals surface area contributed by atoms with E-state index in [2.05, 4.69) is 6.08 Å². The molecule has 8 nitrogen and oxygen atoms in total. The summed E-state index contributed by atoms with van der Waals surface area (Å²) in [6.07, 6.45) is 3.61. The lowest BCUT2D eigenvalue weighted by Crippen LogP contribution is -2.61. The molecule has 9 atom stereocenters. The number of ketones is 3. The van der Waals surface area contributed by atoms with Gasteiger partial charge in [-0.15, -0.1) is 0 Å². The van der Waals surface area contributed by atoms with Crippen LogP contribution in [0.5, 0.6) is 0 Å². The van der Waals surface area contributed by atoms with Gasteiger partial charge in [-0.25, -0.2) is 0 Å². The molecule has 4 aliphatic rings. The summed E-state index contributed by atoms with van der Waals surface area (Å²) in [6, 6.07) is 0. The first kappa shape index (κ1) is 29.8. The zero-order valence-corrected chi connectivity index (χ0v) is 24.4. The van der Waals surface area contributed by atoms with E-state index in [9.17, 15) is 34.5 Å². The summed E-state index contributed by atoms with van der Waals surface area (Å²) >= 11 is 0. The summed E-state index contributed by atoms with van der Waals surface area (Å²) in [5.74, 6) is -3.23. The van der Waals surface area contributed by atoms with Crippen LogP contribution in [0.25, 0.3) is 0 Å². The highest BCUT2D eigenvalue weighted by atomic mass is 16.6. The highest BCUT2D eigenvalue weighted by Crippen LogP contribution is 2.71. The SMILES string of the molecule is CC(=O)OC(C)(C)/C=C/C(=O)[C@](C)(O)[C@H]1[C@H](O)C[C@@]2(C)[C@@H]3CC=C4[C@@H](CC(=O)[C@@H](O)C4(C)C)[C@@H]3C(=O)C[C@]12C. The van der Waals surface area contributed by atoms with Crippen molar-refractivity contribution >= 4 is 23.3 Å². The Morgan fingerprint density at radius 1 is 1.05 bits per heavy atom. The summed E-state index contributed by atoms with van der Waals surface area (Å²) in [4.78, 5) is 51.6. The van der Waals surface area contributed by atoms with Crippen LogP contribution in [-0.4, -0.2) is 62.0 Å². The maximum Gasteiger partial charge on any atom is 0.303 e. The van der Waals surface area contributed by atoms with Crippen LogP contribution in [0, 0.1) is 39.9 Å². The van der Waals surface area contributed by atoms with Gasteiger partial charge >= 0.3 is 5.97 Å². The first-order chi connectivity index (χ1) is 17.7. The first-order valence-corrected chi connectivity index (χ1v) is 14.0. The molecule has 4 aliphatic carbocycles. The zero-order chi connectivity index (χ0) is 29.5. The Morgan fingerprint density at radius 3 is 2.26 bits per heavy atom. The van der Waals surface area contributed by atoms with E-state index in [-0.39, 0.29) is 36.2 Å². The zero-order valence-electron chi connectivity index (χ0n) is 24.4. The van der Waals surface area contributed by atoms with Crippen molar-refractivity contribution in [2.24, 2.45) is 39.9 Å². The van der Waals surface area contributed by atoms with Crippen molar-refractivity contribution in [2.75, 3.05) is 0 Å². The molecule has 39 heavy (non-hydrogen) atoms. The molecule has 3 fully saturated rings. The Kier molecular flexibility index (Phi) is 7.02. The number of esters is 1. The standard InChI is InChI=1S/C31H44O8/c1-16(32)39-27(2,3)12-11-23(36)31(8,38)25-22(35)15-29(6)19-10-9-18-17(13-20(33)26(37)28(18,4)5)24(19)21(34)14-30(25,29)7/h9,11-12,17,19,22,24-26,35,37-38H,10,13-15H2,1-8H3/b12-11+/t17-,19-,22-,24+,25+,26-,29+,30-,31+/m1/s1. The molecule has 0 aromatic rings. The molecule has 0 spiro atoms. The topological polar surface area (TPSA) is 138 Å². The lowest BCUT2D eigenvalue weighted by molar-refractivity contribution is -0.170. The minimum atomic E-state index is -1.98. The lowest BCUT2D eigenvalue weighted by Gasteiger charge is -2.60. The number of Topliss-reactive ketones (excluding diaryl/α,β-unsaturated/α-hetero) is 2. The molecule has 0 saturated heterocycles. The molecule has 8 heteroatoms. The number of rotatable bonds is 5. The Labute approximate surface area is 230 Å². The fraction of sp³-hybridized carbons (Fsp3) is 0.742. The summed E-state index contributed by atoms with van der Waals surface area (Å²) in [5, 5.41) is 33.7. The van der Waals surface area contributed by atoms with Crippen molar-refractivity contribution in [3.63, 3.8) is 0 Å². The van der Waals surface area contributed by atoms with Crippen molar-refractivity contribution in [1.82, 2.24) is 0 Å². The minimum Gasteiger partial charge on any atom is -0.456 e. The van der Waals surface area contributed by atoms with Crippen molar-refractivity contribution in [2.45, 2.75) is 104 Å². The van der Waals surface area contributed by atoms with Gasteiger partial charge in [-0.2, -0.15) is 0 Å². The van der Waals surface area contributed by atoms with Gasteiger partial charge in [0.1, 0.15) is 23.1 Å². The number of allylic oxidation sites excluding steroid dienone is 1. The van der Waals surface area contributed by atoms with Crippen molar-refractivity contribution in [1.29, 1.82) is 0 Å². The number of aliphatic hydroxyl groups is 3. The third-order valence-corrected chi connectivity index (χ3v) is 10.9. The van der Waals surface area contributed by atoms with E-state index in [0.717, 1.165) is 5.57 Å². The number of carbonyl (C=O) groups excluding carboxylic acids is 4. The molecule has 216 valence electrons. The summed E-state index contributed by atoms with van der Waals surface area (Å²) < 4.78 is 5.22. The quantitative estimate of drug-likeness (QED) is 0.273. The van der Waals surface area contributed by atoms with E-state index < -0.39 is 63.2 Å². The van der Waals surface area contributed by atoms with Gasteiger partial charge in [-0.1, -0.05) is 39.3 Å². The Balaban J connectivity index is 1.70. The molecule has 0 radical (unpaired) electrons. The maximum absolute atomic E-state index is 14.0. The van der Waals surface area contributed by atoms with Crippen LogP contribution in [0.3, 0.4) is 0 Å². The highest BCUT2D eigenvalue weighted by molar-refractivity contribution is 5.97. The fourth-order valence-electron chi connectivity index (χ4n) is 8.93. The third kappa shape index (κ3) is 4.38. The van der Waals surface area contributed by atoms with Gasteiger partial charge in [0.25, 0.3) is 0 Å². The monoisotopic (exact) mass is 544 g/mol. The van der Waals surface area contributed by atoms with Crippen LogP contribution in [-0.2, 0) is 23.9 Å². The lowest BCUT2D eigenvalue weighted by atomic mass is 9.43. The van der Waals surface area contributed by atoms with E-state index in [4.69, 9.17) is 4.74 Å². The predicted octanol–water partition coefficient (Wildman–Crippen LogP) is 3.11. The smallest absolute Gasteiger partial charge is 0.303 e. The van der Waals surface area contributed by atoms with Gasteiger partial charge in [0.05, 0.1) is 6.10 Å². The minimum absolute atomic E-state index is 0.0237. The van der Waals surface area contributed by atoms with Crippen LogP contribution in [0.15, 0.2) is 23.8 Å². The molecule has 0 unspecified atom stereocenters. The van der Waals surface area contributed by atoms with Gasteiger partial charge < -0.3 is 20.1 Å². The largest absolute Gasteiger partial charge is 0.456 e. The average molecular weight is 545 g/mol. The number of fused-ring (bicyclic) bond motifs is 5. The molecule has 0 heterocycles. The Bertz CT molecular complexity index is 1160. The molecular formula is C31H44O8. The molecule has 3 N–H and O–H groups in total. The average Bonchev–Trinajstić information content (AvgIpc) is 3.00. The summed E-state index contributed by atoms with van der Waals surface area (Å²) in [7, 11) is 0. The van der Waals surface area contributed by atoms with Gasteiger partial charge in [0.2, 0.25) is 0 Å². The molecule has 0 amide bonds. The van der Waals surface area contributed by atoms with Crippen LogP contribution in [0.1, 0.15) is 81.1 Å². The molecule has 0 aromatic carbocycles. The Hall–Kier alpha value is -2.16. The van der Waals surface area contributed by atoms with Crippen LogP contribution < -0.4 is 0 Å². The molecule has 0 aliphatic heterocycles. The molecular weight excluding hydrogens is 500 g/mol. The van der Waals surface area contributed by atoms with Crippen molar-refractivity contribution in [3.8, 4) is 0 Å². The van der Waals surface area contributed by atoms with Crippen molar-refractivity contribution in [3.05, 3.63) is 23.8 Å². The molecule has 0 aromatic heterocycles. The van der Waals surface area contributed by atoms with Crippen LogP contribution in [0.4, 0.5) is 0 Å². The normalized spacial score (nSPS) is 41.3. The van der Waals surface area contributed by atoms with E-state index in [0.29, 0.717) is 12.8 Å². The number of hydrogen-bond donors (Lipinski definition) is 3. The summed E-state index contributed by atoms with van der Waals surface area (Å²) in [5.41, 5.74) is -4.33. The molecule has 4 rings (SSSR count). The second kappa shape index (κ2) is 9.18. The van der Waals surface area contributed by atoms with E-state index in [1.807, 2.05) is 27.7 Å². The molecule has 3 saturated carbocycles. The summed E-state index contributed by atoms with van der Waals surface area (Å²) in [6.45, 7) is 13.5. The highest BCUT2D eigenvalue weighted by Gasteiger charge is 2.71. The fourth-order valence-corrected chi connectivity index (χ4v) is 8.93. The van der Waals surface area contributed by atoms with E-state index in [1.54, 1.807) is 13.8 Å². The van der Waals surface area contributed by atoms with Gasteiger partial charge in [-0.05, 0) is 68.4 Å². The number of carbonyl (C=O) groups is 4. The van der Waals surface area contributed by atoms with E-state index in [1.165, 1.54) is 26.0 Å². The van der Waals surface area contributed by atoms with Crippen molar-refractivity contribution < 1.29 is 39.2 Å². The van der Waals surface area contributed by atoms with Gasteiger partial charge in [0, 0.05) is 37.0 Å². The third-order valence-electron chi connectivity index (χ3n) is 10.9. The van der Waals surface area contributed by atoms with E-state index >= 15 is 0 Å². The Morgan fingerprint density at radius 2 is 1.67 bits per heavy atom. The van der Waals surface area contributed by atoms with Gasteiger partial charge in [0.15, 0.2) is 11.6 Å². The van der Waals surface area contributed by atoms with Crippen LogP contribution in [0.2, 0.25) is 0 Å². The number of aliphatic hydroxyl groups excluding tert-OH is 2. The van der Waals surface area contributed by atoms with Crippen LogP contribution >= 0.6 is 0 Å². The number of ether oxygens (including phenoxy) is 1. The first-order valence-electron chi connectivity index (χ1n) is 14.0. The predicted molar refractivity (Wildman–Crippen MR) is 143 cm³/mol. The number of hydrogen-bond acceptors (Lipinski definition) is 8. The van der Waals surface area contributed by atoms with Gasteiger partial charge in [-0.3, -0.25) is 19.2 Å². The maximum atomic E-state index is 14.0. The molecule has 0 bridgehead atoms.